The first-order chi connectivity index (χ1) is 8.60. The van der Waals surface area contributed by atoms with Crippen molar-refractivity contribution in [1.82, 2.24) is 4.90 Å². The number of aryl methyl sites for hydroxylation is 1. The van der Waals surface area contributed by atoms with E-state index in [1.54, 1.807) is 46.9 Å². The first kappa shape index (κ1) is 16.0. The van der Waals surface area contributed by atoms with Crippen molar-refractivity contribution < 1.29 is 13.9 Å². The van der Waals surface area contributed by atoms with Crippen molar-refractivity contribution in [2.45, 2.75) is 39.8 Å². The summed E-state index contributed by atoms with van der Waals surface area (Å²) in [5, 5.41) is 0. The van der Waals surface area contributed by atoms with Crippen LogP contribution in [0.4, 0.5) is 9.18 Å². The molecule has 0 heterocycles. The molecule has 1 aromatic rings. The second kappa shape index (κ2) is 5.90. The van der Waals surface area contributed by atoms with Crippen LogP contribution in [0.1, 0.15) is 31.9 Å². The van der Waals surface area contributed by atoms with Crippen molar-refractivity contribution in [3.63, 3.8) is 0 Å². The topological polar surface area (TPSA) is 29.5 Å². The van der Waals surface area contributed by atoms with Gasteiger partial charge in [-0.15, -0.1) is 0 Å². The predicted octanol–water partition coefficient (Wildman–Crippen LogP) is 4.26. The molecular weight excluding hydrogens is 313 g/mol. The van der Waals surface area contributed by atoms with Crippen LogP contribution in [0.5, 0.6) is 0 Å². The molecule has 1 aromatic carbocycles. The van der Waals surface area contributed by atoms with Gasteiger partial charge in [0, 0.05) is 17.1 Å². The lowest BCUT2D eigenvalue weighted by Gasteiger charge is -2.25. The van der Waals surface area contributed by atoms with Gasteiger partial charge in [0.1, 0.15) is 11.4 Å². The molecule has 0 aliphatic carbocycles. The number of hydrogen-bond donors (Lipinski definition) is 0. The average Bonchev–Trinajstić information content (AvgIpc) is 2.22. The third kappa shape index (κ3) is 4.82. The molecule has 106 valence electrons. The van der Waals surface area contributed by atoms with Crippen molar-refractivity contribution >= 4 is 22.0 Å². The highest BCUT2D eigenvalue weighted by Gasteiger charge is 2.20. The Hall–Kier alpha value is -1.10. The van der Waals surface area contributed by atoms with Crippen LogP contribution in [0.3, 0.4) is 0 Å². The standard InChI is InChI=1S/C14H19BrFNO2/c1-9-6-11(15)7-10(12(9)16)8-17(5)13(18)19-14(2,3)4/h6-7H,8H2,1-5H3. The molecule has 0 aliphatic heterocycles. The Morgan fingerprint density at radius 2 is 2.00 bits per heavy atom. The van der Waals surface area contributed by atoms with E-state index >= 15 is 0 Å². The largest absolute Gasteiger partial charge is 0.444 e. The number of hydrogen-bond acceptors (Lipinski definition) is 2. The van der Waals surface area contributed by atoms with Gasteiger partial charge in [-0.1, -0.05) is 15.9 Å². The summed E-state index contributed by atoms with van der Waals surface area (Å²) in [6.07, 6.45) is -0.468. The Morgan fingerprint density at radius 1 is 1.42 bits per heavy atom. The van der Waals surface area contributed by atoms with Crippen molar-refractivity contribution in [2.24, 2.45) is 0 Å². The molecular formula is C14H19BrFNO2. The Balaban J connectivity index is 2.83. The van der Waals surface area contributed by atoms with Gasteiger partial charge in [0.05, 0.1) is 6.54 Å². The Kier molecular flexibility index (Phi) is 4.96. The first-order valence-electron chi connectivity index (χ1n) is 5.99. The summed E-state index contributed by atoms with van der Waals surface area (Å²) >= 11 is 3.32. The van der Waals surface area contributed by atoms with Crippen LogP contribution in [0.25, 0.3) is 0 Å². The lowest BCUT2D eigenvalue weighted by molar-refractivity contribution is 0.0283. The minimum atomic E-state index is -0.558. The quantitative estimate of drug-likeness (QED) is 0.810. The van der Waals surface area contributed by atoms with E-state index in [0.717, 1.165) is 4.47 Å². The van der Waals surface area contributed by atoms with Gasteiger partial charge in [0.15, 0.2) is 0 Å². The predicted molar refractivity (Wildman–Crippen MR) is 76.5 cm³/mol. The zero-order valence-corrected chi connectivity index (χ0v) is 13.5. The maximum atomic E-state index is 13.9. The summed E-state index contributed by atoms with van der Waals surface area (Å²) in [4.78, 5) is 13.2. The van der Waals surface area contributed by atoms with Crippen molar-refractivity contribution in [2.75, 3.05) is 7.05 Å². The number of halogens is 2. The molecule has 1 rings (SSSR count). The highest BCUT2D eigenvalue weighted by Crippen LogP contribution is 2.21. The molecule has 19 heavy (non-hydrogen) atoms. The van der Waals surface area contributed by atoms with Gasteiger partial charge in [-0.25, -0.2) is 9.18 Å². The summed E-state index contributed by atoms with van der Waals surface area (Å²) in [6, 6.07) is 3.37. The van der Waals surface area contributed by atoms with Crippen molar-refractivity contribution in [1.29, 1.82) is 0 Å². The minimum Gasteiger partial charge on any atom is -0.444 e. The molecule has 5 heteroatoms. The normalized spacial score (nSPS) is 11.3. The van der Waals surface area contributed by atoms with Gasteiger partial charge in [-0.05, 0) is 45.4 Å². The van der Waals surface area contributed by atoms with Gasteiger partial charge in [-0.2, -0.15) is 0 Å². The van der Waals surface area contributed by atoms with E-state index in [9.17, 15) is 9.18 Å². The lowest BCUT2D eigenvalue weighted by atomic mass is 10.1. The summed E-state index contributed by atoms with van der Waals surface area (Å²) in [5.74, 6) is -0.293. The average molecular weight is 332 g/mol. The first-order valence-corrected chi connectivity index (χ1v) is 6.78. The number of carbonyl (C=O) groups excluding carboxylic acids is 1. The van der Waals surface area contributed by atoms with Crippen molar-refractivity contribution in [3.05, 3.63) is 33.5 Å². The third-order valence-corrected chi connectivity index (χ3v) is 2.87. The Morgan fingerprint density at radius 3 is 2.53 bits per heavy atom. The van der Waals surface area contributed by atoms with Gasteiger partial charge in [0.2, 0.25) is 0 Å². The van der Waals surface area contributed by atoms with Crippen LogP contribution in [0.2, 0.25) is 0 Å². The van der Waals surface area contributed by atoms with E-state index in [2.05, 4.69) is 15.9 Å². The number of amides is 1. The Bertz CT molecular complexity index is 483. The fourth-order valence-corrected chi connectivity index (χ4v) is 2.19. The van der Waals surface area contributed by atoms with Gasteiger partial charge >= 0.3 is 6.09 Å². The molecule has 0 bridgehead atoms. The minimum absolute atomic E-state index is 0.168. The van der Waals surface area contributed by atoms with E-state index in [1.165, 1.54) is 4.90 Å². The maximum absolute atomic E-state index is 13.9. The number of rotatable bonds is 2. The van der Waals surface area contributed by atoms with Crippen LogP contribution in [-0.2, 0) is 11.3 Å². The van der Waals surface area contributed by atoms with E-state index in [1.807, 2.05) is 0 Å². The second-order valence-electron chi connectivity index (χ2n) is 5.53. The van der Waals surface area contributed by atoms with Crippen LogP contribution in [0, 0.1) is 12.7 Å². The fraction of sp³-hybridized carbons (Fsp3) is 0.500. The molecule has 0 saturated heterocycles. The van der Waals surface area contributed by atoms with Gasteiger partial charge in [0.25, 0.3) is 0 Å². The molecule has 0 spiro atoms. The molecule has 0 unspecified atom stereocenters. The van der Waals surface area contributed by atoms with Gasteiger partial charge < -0.3 is 9.64 Å². The van der Waals surface area contributed by atoms with Crippen LogP contribution < -0.4 is 0 Å². The third-order valence-electron chi connectivity index (χ3n) is 2.41. The molecule has 0 saturated carbocycles. The summed E-state index contributed by atoms with van der Waals surface area (Å²) < 4.78 is 20.0. The zero-order valence-electron chi connectivity index (χ0n) is 11.9. The molecule has 1 amide bonds. The van der Waals surface area contributed by atoms with E-state index in [0.29, 0.717) is 11.1 Å². The SMILES string of the molecule is Cc1cc(Br)cc(CN(C)C(=O)OC(C)(C)C)c1F. The molecule has 0 fully saturated rings. The van der Waals surface area contributed by atoms with Crippen LogP contribution >= 0.6 is 15.9 Å². The maximum Gasteiger partial charge on any atom is 0.410 e. The summed E-state index contributed by atoms with van der Waals surface area (Å²) in [7, 11) is 1.59. The number of benzene rings is 1. The second-order valence-corrected chi connectivity index (χ2v) is 6.45. The monoisotopic (exact) mass is 331 g/mol. The molecule has 0 aliphatic rings. The molecule has 0 radical (unpaired) electrons. The number of ether oxygens (including phenoxy) is 1. The van der Waals surface area contributed by atoms with Crippen molar-refractivity contribution in [3.8, 4) is 0 Å². The van der Waals surface area contributed by atoms with Crippen LogP contribution in [0.15, 0.2) is 16.6 Å². The van der Waals surface area contributed by atoms with E-state index in [4.69, 9.17) is 4.74 Å². The molecule has 0 N–H and O–H groups in total. The van der Waals surface area contributed by atoms with E-state index in [-0.39, 0.29) is 12.4 Å². The number of carbonyl (C=O) groups is 1. The molecule has 0 atom stereocenters. The Labute approximate surface area is 121 Å². The fourth-order valence-electron chi connectivity index (χ4n) is 1.57. The number of nitrogens with zero attached hydrogens (tertiary/aromatic N) is 1. The lowest BCUT2D eigenvalue weighted by Crippen LogP contribution is -2.34. The summed E-state index contributed by atoms with van der Waals surface area (Å²) in [6.45, 7) is 7.24. The summed E-state index contributed by atoms with van der Waals surface area (Å²) in [5.41, 5.74) is 0.444. The molecule has 3 nitrogen and oxygen atoms in total. The highest BCUT2D eigenvalue weighted by atomic mass is 79.9. The highest BCUT2D eigenvalue weighted by molar-refractivity contribution is 9.10. The zero-order chi connectivity index (χ0) is 14.8. The molecule has 0 aromatic heterocycles. The smallest absolute Gasteiger partial charge is 0.410 e. The van der Waals surface area contributed by atoms with Gasteiger partial charge in [-0.3, -0.25) is 0 Å². The van der Waals surface area contributed by atoms with Crippen LogP contribution in [-0.4, -0.2) is 23.6 Å². The van der Waals surface area contributed by atoms with E-state index < -0.39 is 11.7 Å².